The van der Waals surface area contributed by atoms with Gasteiger partial charge in [-0.25, -0.2) is 9.97 Å². The van der Waals surface area contributed by atoms with Crippen molar-refractivity contribution in [3.63, 3.8) is 0 Å². The van der Waals surface area contributed by atoms with Gasteiger partial charge in [0.15, 0.2) is 0 Å². The molecule has 0 aliphatic carbocycles. The highest BCUT2D eigenvalue weighted by atomic mass is 15.1. The van der Waals surface area contributed by atoms with Crippen LogP contribution in [0.25, 0.3) is 0 Å². The van der Waals surface area contributed by atoms with Crippen molar-refractivity contribution in [2.45, 2.75) is 13.3 Å². The van der Waals surface area contributed by atoms with Crippen molar-refractivity contribution in [3.8, 4) is 6.07 Å². The van der Waals surface area contributed by atoms with Gasteiger partial charge in [-0.05, 0) is 58.3 Å². The fourth-order valence-electron chi connectivity index (χ4n) is 2.11. The highest BCUT2D eigenvalue weighted by molar-refractivity contribution is 5.60. The summed E-state index contributed by atoms with van der Waals surface area (Å²) in [6, 6.07) is 11.3. The van der Waals surface area contributed by atoms with Crippen LogP contribution in [0.5, 0.6) is 0 Å². The Morgan fingerprint density at radius 1 is 1.13 bits per heavy atom. The molecule has 120 valence electrons. The first-order valence-corrected chi connectivity index (χ1v) is 7.58. The molecule has 1 heterocycles. The average Bonchev–Trinajstić information content (AvgIpc) is 2.52. The van der Waals surface area contributed by atoms with Gasteiger partial charge in [0, 0.05) is 18.3 Å². The molecule has 0 aliphatic heterocycles. The Morgan fingerprint density at radius 3 is 2.48 bits per heavy atom. The van der Waals surface area contributed by atoms with Gasteiger partial charge in [0.05, 0.1) is 11.6 Å². The summed E-state index contributed by atoms with van der Waals surface area (Å²) in [5.41, 5.74) is 1.53. The van der Waals surface area contributed by atoms with E-state index in [0.717, 1.165) is 36.8 Å². The van der Waals surface area contributed by atoms with Crippen LogP contribution in [0.2, 0.25) is 0 Å². The molecule has 0 bridgehead atoms. The van der Waals surface area contributed by atoms with Crippen LogP contribution in [0.4, 0.5) is 17.3 Å². The minimum Gasteiger partial charge on any atom is -0.370 e. The first-order chi connectivity index (χ1) is 11.1. The fraction of sp³-hybridized carbons (Fsp3) is 0.353. The number of hydrogen-bond acceptors (Lipinski definition) is 6. The van der Waals surface area contributed by atoms with E-state index >= 15 is 0 Å². The zero-order valence-electron chi connectivity index (χ0n) is 13.8. The SMILES string of the molecule is Cc1nc(NCCCN(C)C)cc(Nc2ccc(C#N)cc2)n1. The summed E-state index contributed by atoms with van der Waals surface area (Å²) in [7, 11) is 4.13. The lowest BCUT2D eigenvalue weighted by Gasteiger charge is -2.12. The summed E-state index contributed by atoms with van der Waals surface area (Å²) in [6.45, 7) is 3.77. The maximum atomic E-state index is 8.83. The van der Waals surface area contributed by atoms with Crippen LogP contribution in [0.3, 0.4) is 0 Å². The Bertz CT molecular complexity index is 672. The van der Waals surface area contributed by atoms with Crippen molar-refractivity contribution in [2.24, 2.45) is 0 Å². The summed E-state index contributed by atoms with van der Waals surface area (Å²) >= 11 is 0. The van der Waals surface area contributed by atoms with Crippen molar-refractivity contribution >= 4 is 17.3 Å². The molecule has 0 atom stereocenters. The first-order valence-electron chi connectivity index (χ1n) is 7.58. The molecule has 0 saturated heterocycles. The number of hydrogen-bond donors (Lipinski definition) is 2. The van der Waals surface area contributed by atoms with Crippen LogP contribution in [0.1, 0.15) is 17.8 Å². The van der Waals surface area contributed by atoms with Crippen LogP contribution in [-0.2, 0) is 0 Å². The van der Waals surface area contributed by atoms with E-state index in [0.29, 0.717) is 11.4 Å². The highest BCUT2D eigenvalue weighted by Gasteiger charge is 2.03. The van der Waals surface area contributed by atoms with Crippen LogP contribution in [-0.4, -0.2) is 42.1 Å². The predicted molar refractivity (Wildman–Crippen MR) is 92.9 cm³/mol. The number of benzene rings is 1. The maximum Gasteiger partial charge on any atom is 0.136 e. The number of nitriles is 1. The van der Waals surface area contributed by atoms with Crippen molar-refractivity contribution < 1.29 is 0 Å². The molecule has 1 aromatic carbocycles. The van der Waals surface area contributed by atoms with Gasteiger partial charge < -0.3 is 15.5 Å². The summed E-state index contributed by atoms with van der Waals surface area (Å²) in [6.07, 6.45) is 1.05. The topological polar surface area (TPSA) is 76.9 Å². The molecule has 2 rings (SSSR count). The maximum absolute atomic E-state index is 8.83. The molecule has 0 fully saturated rings. The van der Waals surface area contributed by atoms with Crippen molar-refractivity contribution in [3.05, 3.63) is 41.7 Å². The molecular formula is C17H22N6. The summed E-state index contributed by atoms with van der Waals surface area (Å²) < 4.78 is 0. The zero-order valence-corrected chi connectivity index (χ0v) is 13.8. The van der Waals surface area contributed by atoms with Gasteiger partial charge in [-0.15, -0.1) is 0 Å². The molecule has 0 amide bonds. The van der Waals surface area contributed by atoms with E-state index in [1.165, 1.54) is 0 Å². The molecule has 0 unspecified atom stereocenters. The van der Waals surface area contributed by atoms with Crippen molar-refractivity contribution in [1.29, 1.82) is 5.26 Å². The quantitative estimate of drug-likeness (QED) is 0.766. The van der Waals surface area contributed by atoms with E-state index in [-0.39, 0.29) is 0 Å². The molecule has 6 nitrogen and oxygen atoms in total. The smallest absolute Gasteiger partial charge is 0.136 e. The normalized spacial score (nSPS) is 10.4. The molecule has 0 saturated carbocycles. The van der Waals surface area contributed by atoms with E-state index in [2.05, 4.69) is 45.7 Å². The molecule has 1 aromatic heterocycles. The van der Waals surface area contributed by atoms with Crippen LogP contribution < -0.4 is 10.6 Å². The lowest BCUT2D eigenvalue weighted by atomic mass is 10.2. The van der Waals surface area contributed by atoms with E-state index in [4.69, 9.17) is 5.26 Å². The molecule has 0 spiro atoms. The number of aromatic nitrogens is 2. The Balaban J connectivity index is 2.00. The lowest BCUT2D eigenvalue weighted by molar-refractivity contribution is 0.405. The van der Waals surface area contributed by atoms with Gasteiger partial charge >= 0.3 is 0 Å². The molecule has 23 heavy (non-hydrogen) atoms. The minimum absolute atomic E-state index is 0.637. The van der Waals surface area contributed by atoms with Crippen LogP contribution >= 0.6 is 0 Å². The summed E-state index contributed by atoms with van der Waals surface area (Å²) in [4.78, 5) is 11.0. The summed E-state index contributed by atoms with van der Waals surface area (Å²) in [5, 5.41) is 15.4. The van der Waals surface area contributed by atoms with Crippen LogP contribution in [0.15, 0.2) is 30.3 Å². The Morgan fingerprint density at radius 2 is 1.83 bits per heavy atom. The van der Waals surface area contributed by atoms with Gasteiger partial charge in [0.1, 0.15) is 17.5 Å². The largest absolute Gasteiger partial charge is 0.370 e. The molecule has 0 radical (unpaired) electrons. The second-order valence-electron chi connectivity index (χ2n) is 5.58. The van der Waals surface area contributed by atoms with E-state index in [9.17, 15) is 0 Å². The average molecular weight is 310 g/mol. The number of aryl methyl sites for hydroxylation is 1. The summed E-state index contributed by atoms with van der Waals surface area (Å²) in [5.74, 6) is 2.25. The minimum atomic E-state index is 0.637. The molecular weight excluding hydrogens is 288 g/mol. The Labute approximate surface area is 137 Å². The Kier molecular flexibility index (Phi) is 5.89. The van der Waals surface area contributed by atoms with Crippen molar-refractivity contribution in [1.82, 2.24) is 14.9 Å². The molecule has 0 aliphatic rings. The molecule has 2 aromatic rings. The van der Waals surface area contributed by atoms with Gasteiger partial charge in [0.2, 0.25) is 0 Å². The van der Waals surface area contributed by atoms with E-state index < -0.39 is 0 Å². The fourth-order valence-corrected chi connectivity index (χ4v) is 2.11. The second-order valence-corrected chi connectivity index (χ2v) is 5.58. The third kappa shape index (κ3) is 5.57. The van der Waals surface area contributed by atoms with Gasteiger partial charge in [0.25, 0.3) is 0 Å². The monoisotopic (exact) mass is 310 g/mol. The van der Waals surface area contributed by atoms with Gasteiger partial charge in [-0.2, -0.15) is 5.26 Å². The van der Waals surface area contributed by atoms with Crippen LogP contribution in [0, 0.1) is 18.3 Å². The number of rotatable bonds is 7. The molecule has 2 N–H and O–H groups in total. The molecule has 6 heteroatoms. The van der Waals surface area contributed by atoms with E-state index in [1.54, 1.807) is 12.1 Å². The first kappa shape index (κ1) is 16.7. The third-order valence-corrected chi connectivity index (χ3v) is 3.21. The third-order valence-electron chi connectivity index (χ3n) is 3.21. The second kappa shape index (κ2) is 8.11. The number of nitrogens with one attached hydrogen (secondary N) is 2. The van der Waals surface area contributed by atoms with Crippen molar-refractivity contribution in [2.75, 3.05) is 37.8 Å². The lowest BCUT2D eigenvalue weighted by Crippen LogP contribution is -2.16. The standard InChI is InChI=1S/C17H22N6/c1-13-20-16(19-9-4-10-23(2)3)11-17(21-13)22-15-7-5-14(12-18)6-8-15/h5-8,11H,4,9-10H2,1-3H3,(H2,19,20,21,22). The zero-order chi connectivity index (χ0) is 16.7. The Hall–Kier alpha value is -2.65. The van der Waals surface area contributed by atoms with E-state index in [1.807, 2.05) is 25.1 Å². The predicted octanol–water partition coefficient (Wildman–Crippen LogP) is 2.76. The van der Waals surface area contributed by atoms with Gasteiger partial charge in [-0.1, -0.05) is 0 Å². The van der Waals surface area contributed by atoms with Gasteiger partial charge in [-0.3, -0.25) is 0 Å². The number of nitrogens with zero attached hydrogens (tertiary/aromatic N) is 4. The number of anilines is 3. The highest BCUT2D eigenvalue weighted by Crippen LogP contribution is 2.18.